The van der Waals surface area contributed by atoms with Crippen LogP contribution in [-0.4, -0.2) is 45.2 Å². The molecule has 110 valence electrons. The van der Waals surface area contributed by atoms with E-state index in [0.29, 0.717) is 17.7 Å². The maximum absolute atomic E-state index is 12.2. The Morgan fingerprint density at radius 2 is 2.20 bits per heavy atom. The van der Waals surface area contributed by atoms with E-state index in [1.54, 1.807) is 0 Å². The van der Waals surface area contributed by atoms with Gasteiger partial charge in [0.25, 0.3) is 0 Å². The predicted octanol–water partition coefficient (Wildman–Crippen LogP) is 2.42. The van der Waals surface area contributed by atoms with Crippen molar-refractivity contribution >= 4 is 17.7 Å². The summed E-state index contributed by atoms with van der Waals surface area (Å²) in [5.41, 5.74) is 2.26. The molecule has 5 heteroatoms. The van der Waals surface area contributed by atoms with Crippen LogP contribution < -0.4 is 0 Å². The third-order valence-corrected chi connectivity index (χ3v) is 5.34. The number of hydrogen-bond donors (Lipinski definition) is 0. The van der Waals surface area contributed by atoms with Gasteiger partial charge in [-0.15, -0.1) is 0 Å². The second-order valence-corrected chi connectivity index (χ2v) is 7.14. The molecule has 1 saturated heterocycles. The van der Waals surface area contributed by atoms with Gasteiger partial charge in [0.15, 0.2) is 0 Å². The lowest BCUT2D eigenvalue weighted by molar-refractivity contribution is -0.127. The Bertz CT molecular complexity index is 495. The number of aromatic nitrogens is 2. The SMILES string of the molecule is Cc1cc(C)n([C@H]2CCN(C(=O)CSCC3CC3)C2)n1. The number of amides is 1. The van der Waals surface area contributed by atoms with Crippen LogP contribution in [0.5, 0.6) is 0 Å². The van der Waals surface area contributed by atoms with E-state index in [4.69, 9.17) is 0 Å². The van der Waals surface area contributed by atoms with E-state index < -0.39 is 0 Å². The molecule has 4 nitrogen and oxygen atoms in total. The van der Waals surface area contributed by atoms with Crippen LogP contribution in [0.3, 0.4) is 0 Å². The van der Waals surface area contributed by atoms with Crippen LogP contribution in [0, 0.1) is 19.8 Å². The molecule has 2 fully saturated rings. The summed E-state index contributed by atoms with van der Waals surface area (Å²) < 4.78 is 2.10. The highest BCUT2D eigenvalue weighted by atomic mass is 32.2. The molecule has 0 spiro atoms. The lowest BCUT2D eigenvalue weighted by Gasteiger charge is -2.17. The Labute approximate surface area is 124 Å². The molecule has 1 aliphatic heterocycles. The summed E-state index contributed by atoms with van der Waals surface area (Å²) in [7, 11) is 0. The van der Waals surface area contributed by atoms with Gasteiger partial charge >= 0.3 is 0 Å². The standard InChI is InChI=1S/C15H23N3OS/c1-11-7-12(2)18(16-11)14-5-6-17(8-14)15(19)10-20-9-13-3-4-13/h7,13-14H,3-6,8-10H2,1-2H3/t14-/m0/s1. The lowest BCUT2D eigenvalue weighted by atomic mass is 10.2. The molecule has 0 aromatic carbocycles. The smallest absolute Gasteiger partial charge is 0.232 e. The predicted molar refractivity (Wildman–Crippen MR) is 82.0 cm³/mol. The maximum Gasteiger partial charge on any atom is 0.232 e. The summed E-state index contributed by atoms with van der Waals surface area (Å²) in [6.07, 6.45) is 3.76. The van der Waals surface area contributed by atoms with Crippen molar-refractivity contribution < 1.29 is 4.79 Å². The molecule has 1 aromatic heterocycles. The van der Waals surface area contributed by atoms with E-state index >= 15 is 0 Å². The first-order chi connectivity index (χ1) is 9.63. The van der Waals surface area contributed by atoms with E-state index in [9.17, 15) is 4.79 Å². The number of hydrogen-bond acceptors (Lipinski definition) is 3. The van der Waals surface area contributed by atoms with Crippen LogP contribution in [0.2, 0.25) is 0 Å². The van der Waals surface area contributed by atoms with E-state index in [2.05, 4.69) is 22.8 Å². The van der Waals surface area contributed by atoms with Crippen LogP contribution in [0.1, 0.15) is 36.7 Å². The molecule has 2 heterocycles. The fraction of sp³-hybridized carbons (Fsp3) is 0.733. The summed E-state index contributed by atoms with van der Waals surface area (Å²) in [5.74, 6) is 3.02. The van der Waals surface area contributed by atoms with Crippen molar-refractivity contribution in [3.63, 3.8) is 0 Å². The minimum atomic E-state index is 0.305. The van der Waals surface area contributed by atoms with Gasteiger partial charge in [-0.1, -0.05) is 0 Å². The second kappa shape index (κ2) is 5.80. The third kappa shape index (κ3) is 3.19. The average Bonchev–Trinajstić information content (AvgIpc) is 2.98. The minimum Gasteiger partial charge on any atom is -0.340 e. The van der Waals surface area contributed by atoms with Crippen LogP contribution in [0.4, 0.5) is 0 Å². The Kier molecular flexibility index (Phi) is 4.06. The van der Waals surface area contributed by atoms with Gasteiger partial charge in [-0.05, 0) is 50.8 Å². The molecule has 1 aliphatic carbocycles. The largest absolute Gasteiger partial charge is 0.340 e. The van der Waals surface area contributed by atoms with Gasteiger partial charge in [-0.2, -0.15) is 16.9 Å². The van der Waals surface area contributed by atoms with Crippen molar-refractivity contribution in [3.8, 4) is 0 Å². The maximum atomic E-state index is 12.2. The topological polar surface area (TPSA) is 38.1 Å². The number of aryl methyl sites for hydroxylation is 2. The van der Waals surface area contributed by atoms with Gasteiger partial charge in [-0.25, -0.2) is 0 Å². The third-order valence-electron chi connectivity index (χ3n) is 4.18. The second-order valence-electron chi connectivity index (χ2n) is 6.11. The molecule has 20 heavy (non-hydrogen) atoms. The summed E-state index contributed by atoms with van der Waals surface area (Å²) in [6.45, 7) is 5.82. The van der Waals surface area contributed by atoms with E-state index in [1.165, 1.54) is 24.3 Å². The normalized spacial score (nSPS) is 22.5. The highest BCUT2D eigenvalue weighted by molar-refractivity contribution is 7.99. The summed E-state index contributed by atoms with van der Waals surface area (Å²) in [4.78, 5) is 14.2. The van der Waals surface area contributed by atoms with Crippen molar-refractivity contribution in [1.82, 2.24) is 14.7 Å². The van der Waals surface area contributed by atoms with Crippen molar-refractivity contribution in [3.05, 3.63) is 17.5 Å². The van der Waals surface area contributed by atoms with Crippen LogP contribution in [-0.2, 0) is 4.79 Å². The molecule has 0 bridgehead atoms. The van der Waals surface area contributed by atoms with Gasteiger partial charge in [-0.3, -0.25) is 9.48 Å². The highest BCUT2D eigenvalue weighted by Gasteiger charge is 2.29. The van der Waals surface area contributed by atoms with Gasteiger partial charge in [0.05, 0.1) is 17.5 Å². The first-order valence-corrected chi connectivity index (χ1v) is 8.67. The molecule has 0 unspecified atom stereocenters. The van der Waals surface area contributed by atoms with Crippen LogP contribution >= 0.6 is 11.8 Å². The van der Waals surface area contributed by atoms with Crippen LogP contribution in [0.25, 0.3) is 0 Å². The van der Waals surface area contributed by atoms with Gasteiger partial charge in [0.1, 0.15) is 0 Å². The zero-order chi connectivity index (χ0) is 14.1. The van der Waals surface area contributed by atoms with Gasteiger partial charge in [0, 0.05) is 18.8 Å². The number of likely N-dealkylation sites (tertiary alicyclic amines) is 1. The number of rotatable bonds is 5. The average molecular weight is 293 g/mol. The van der Waals surface area contributed by atoms with Crippen molar-refractivity contribution in [2.75, 3.05) is 24.6 Å². The summed E-state index contributed by atoms with van der Waals surface area (Å²) >= 11 is 1.81. The summed E-state index contributed by atoms with van der Waals surface area (Å²) in [5, 5.41) is 4.55. The number of carbonyl (C=O) groups is 1. The Morgan fingerprint density at radius 1 is 1.40 bits per heavy atom. The Morgan fingerprint density at radius 3 is 2.85 bits per heavy atom. The zero-order valence-corrected chi connectivity index (χ0v) is 13.2. The molecule has 3 rings (SSSR count). The number of thioether (sulfide) groups is 1. The van der Waals surface area contributed by atoms with Crippen molar-refractivity contribution in [2.45, 2.75) is 39.2 Å². The first kappa shape index (κ1) is 14.0. The highest BCUT2D eigenvalue weighted by Crippen LogP contribution is 2.32. The molecular weight excluding hydrogens is 270 g/mol. The molecule has 0 radical (unpaired) electrons. The molecule has 0 N–H and O–H groups in total. The molecule has 1 aromatic rings. The molecule has 1 saturated carbocycles. The van der Waals surface area contributed by atoms with Gasteiger partial charge in [0.2, 0.25) is 5.91 Å². The Hall–Kier alpha value is -0.970. The van der Waals surface area contributed by atoms with E-state index in [0.717, 1.165) is 31.1 Å². The van der Waals surface area contributed by atoms with Crippen molar-refractivity contribution in [2.24, 2.45) is 5.92 Å². The summed E-state index contributed by atoms with van der Waals surface area (Å²) in [6, 6.07) is 2.47. The van der Waals surface area contributed by atoms with Gasteiger partial charge < -0.3 is 4.90 Å². The molecular formula is C15H23N3OS. The molecule has 2 aliphatic rings. The lowest BCUT2D eigenvalue weighted by Crippen LogP contribution is -2.31. The number of nitrogens with zero attached hydrogens (tertiary/aromatic N) is 3. The quantitative estimate of drug-likeness (QED) is 0.837. The number of carbonyl (C=O) groups excluding carboxylic acids is 1. The monoisotopic (exact) mass is 293 g/mol. The van der Waals surface area contributed by atoms with Crippen LogP contribution in [0.15, 0.2) is 6.07 Å². The fourth-order valence-electron chi connectivity index (χ4n) is 2.87. The first-order valence-electron chi connectivity index (χ1n) is 7.52. The molecule has 1 atom stereocenters. The Balaban J connectivity index is 1.50. The zero-order valence-electron chi connectivity index (χ0n) is 12.3. The minimum absolute atomic E-state index is 0.305. The molecule has 1 amide bonds. The van der Waals surface area contributed by atoms with E-state index in [1.807, 2.05) is 23.6 Å². The van der Waals surface area contributed by atoms with Crippen molar-refractivity contribution in [1.29, 1.82) is 0 Å². The van der Waals surface area contributed by atoms with E-state index in [-0.39, 0.29) is 0 Å². The fourth-order valence-corrected chi connectivity index (χ4v) is 4.01.